The smallest absolute Gasteiger partial charge is 0.251 e. The Morgan fingerprint density at radius 2 is 1.96 bits per heavy atom. The van der Waals surface area contributed by atoms with E-state index in [9.17, 15) is 9.90 Å². The number of hydrogen-bond donors (Lipinski definition) is 1. The zero-order chi connectivity index (χ0) is 17.1. The molecule has 2 aromatic rings. The molecule has 2 heterocycles. The second-order valence-electron chi connectivity index (χ2n) is 6.63. The monoisotopic (exact) mass is 390 g/mol. The van der Waals surface area contributed by atoms with E-state index in [-0.39, 0.29) is 11.5 Å². The highest BCUT2D eigenvalue weighted by Gasteiger charge is 2.22. The summed E-state index contributed by atoms with van der Waals surface area (Å²) in [7, 11) is 0. The van der Waals surface area contributed by atoms with Crippen LogP contribution in [0.1, 0.15) is 18.1 Å². The lowest BCUT2D eigenvalue weighted by Crippen LogP contribution is -2.40. The summed E-state index contributed by atoms with van der Waals surface area (Å²) >= 11 is 3.30. The average Bonchev–Trinajstić information content (AvgIpc) is 2.57. The maximum absolute atomic E-state index is 12.0. The van der Waals surface area contributed by atoms with E-state index in [0.717, 1.165) is 24.0 Å². The number of pyridine rings is 1. The van der Waals surface area contributed by atoms with Gasteiger partial charge in [0.05, 0.1) is 6.10 Å². The van der Waals surface area contributed by atoms with Crippen molar-refractivity contribution in [2.75, 3.05) is 13.1 Å². The van der Waals surface area contributed by atoms with Crippen molar-refractivity contribution in [1.29, 1.82) is 0 Å². The Morgan fingerprint density at radius 1 is 1.21 bits per heavy atom. The molecule has 1 aromatic heterocycles. The van der Waals surface area contributed by atoms with Crippen molar-refractivity contribution in [2.45, 2.75) is 32.5 Å². The van der Waals surface area contributed by atoms with Gasteiger partial charge in [-0.15, -0.1) is 0 Å². The van der Waals surface area contributed by atoms with E-state index < -0.39 is 6.10 Å². The first kappa shape index (κ1) is 17.4. The van der Waals surface area contributed by atoms with Gasteiger partial charge in [-0.3, -0.25) is 9.69 Å². The summed E-state index contributed by atoms with van der Waals surface area (Å²) < 4.78 is 2.44. The van der Waals surface area contributed by atoms with Gasteiger partial charge in [0.1, 0.15) is 0 Å². The van der Waals surface area contributed by atoms with E-state index in [1.165, 1.54) is 11.1 Å². The maximum atomic E-state index is 12.0. The summed E-state index contributed by atoms with van der Waals surface area (Å²) in [5.41, 5.74) is 2.72. The van der Waals surface area contributed by atoms with Gasteiger partial charge in [-0.25, -0.2) is 0 Å². The van der Waals surface area contributed by atoms with Crippen molar-refractivity contribution in [3.05, 3.63) is 68.5 Å². The molecule has 0 radical (unpaired) electrons. The lowest BCUT2D eigenvalue weighted by Gasteiger charge is -2.32. The highest BCUT2D eigenvalue weighted by Crippen LogP contribution is 2.19. The molecule has 0 fully saturated rings. The Kier molecular flexibility index (Phi) is 5.54. The first-order valence-electron chi connectivity index (χ1n) is 8.36. The second kappa shape index (κ2) is 7.64. The number of rotatable bonds is 5. The molecule has 0 saturated heterocycles. The standard InChI is InChI=1S/C19H23BrN2O2/c1-14(11-22-9-7-17(20)10-19(22)24)18(23)13-21-8-6-15-4-2-3-5-16(15)12-21/h2-5,7,9-10,14,18,23H,6,8,11-13H2,1H3. The fourth-order valence-corrected chi connectivity index (χ4v) is 3.53. The third kappa shape index (κ3) is 4.15. The predicted molar refractivity (Wildman–Crippen MR) is 99.0 cm³/mol. The minimum Gasteiger partial charge on any atom is -0.391 e. The number of aliphatic hydroxyl groups is 1. The minimum atomic E-state index is -0.453. The Hall–Kier alpha value is -1.43. The molecule has 1 aromatic carbocycles. The molecule has 0 amide bonds. The first-order chi connectivity index (χ1) is 11.5. The number of nitrogens with zero attached hydrogens (tertiary/aromatic N) is 2. The van der Waals surface area contributed by atoms with Crippen molar-refractivity contribution in [3.8, 4) is 0 Å². The molecule has 5 heteroatoms. The Labute approximate surface area is 150 Å². The lowest BCUT2D eigenvalue weighted by atomic mass is 9.98. The third-order valence-electron chi connectivity index (χ3n) is 4.75. The Balaban J connectivity index is 1.58. The molecule has 0 aliphatic carbocycles. The molecule has 3 rings (SSSR count). The van der Waals surface area contributed by atoms with Crippen LogP contribution in [0.4, 0.5) is 0 Å². The van der Waals surface area contributed by atoms with Crippen LogP contribution in [0, 0.1) is 5.92 Å². The summed E-state index contributed by atoms with van der Waals surface area (Å²) in [6.45, 7) is 5.02. The fraction of sp³-hybridized carbons (Fsp3) is 0.421. The number of aromatic nitrogens is 1. The summed E-state index contributed by atoms with van der Waals surface area (Å²) in [4.78, 5) is 14.3. The first-order valence-corrected chi connectivity index (χ1v) is 9.15. The van der Waals surface area contributed by atoms with Gasteiger partial charge in [0, 0.05) is 48.8 Å². The van der Waals surface area contributed by atoms with Gasteiger partial charge in [-0.05, 0) is 23.6 Å². The van der Waals surface area contributed by atoms with Gasteiger partial charge in [-0.2, -0.15) is 0 Å². The summed E-state index contributed by atoms with van der Waals surface area (Å²) in [6.07, 6.45) is 2.35. The van der Waals surface area contributed by atoms with Crippen molar-refractivity contribution in [3.63, 3.8) is 0 Å². The highest BCUT2D eigenvalue weighted by molar-refractivity contribution is 9.10. The number of hydrogen-bond acceptors (Lipinski definition) is 3. The van der Waals surface area contributed by atoms with Gasteiger partial charge in [0.2, 0.25) is 0 Å². The van der Waals surface area contributed by atoms with Crippen LogP contribution in [0.15, 0.2) is 51.9 Å². The molecule has 128 valence electrons. The molecule has 1 aliphatic rings. The summed E-state index contributed by atoms with van der Waals surface area (Å²) in [5.74, 6) is 0.0149. The molecule has 4 nitrogen and oxygen atoms in total. The van der Waals surface area contributed by atoms with Gasteiger partial charge in [-0.1, -0.05) is 47.1 Å². The van der Waals surface area contributed by atoms with Gasteiger partial charge in [0.15, 0.2) is 0 Å². The van der Waals surface area contributed by atoms with E-state index in [4.69, 9.17) is 0 Å². The summed E-state index contributed by atoms with van der Waals surface area (Å²) in [5, 5.41) is 10.6. The van der Waals surface area contributed by atoms with Crippen molar-refractivity contribution in [2.24, 2.45) is 5.92 Å². The van der Waals surface area contributed by atoms with Crippen LogP contribution in [0.25, 0.3) is 0 Å². The van der Waals surface area contributed by atoms with Gasteiger partial charge < -0.3 is 9.67 Å². The molecule has 1 aliphatic heterocycles. The lowest BCUT2D eigenvalue weighted by molar-refractivity contribution is 0.0582. The molecule has 0 bridgehead atoms. The maximum Gasteiger partial charge on any atom is 0.251 e. The molecule has 24 heavy (non-hydrogen) atoms. The van der Waals surface area contributed by atoms with E-state index >= 15 is 0 Å². The van der Waals surface area contributed by atoms with E-state index in [1.54, 1.807) is 16.8 Å². The molecule has 0 saturated carbocycles. The van der Waals surface area contributed by atoms with Crippen LogP contribution >= 0.6 is 15.9 Å². The Bertz CT molecular complexity index is 759. The normalized spacial score (nSPS) is 17.3. The zero-order valence-corrected chi connectivity index (χ0v) is 15.4. The number of β-amino-alcohol motifs (C(OH)–C–C–N with tert-alkyl or cyclic N) is 1. The topological polar surface area (TPSA) is 45.5 Å². The minimum absolute atomic E-state index is 0.0149. The van der Waals surface area contributed by atoms with Gasteiger partial charge >= 0.3 is 0 Å². The highest BCUT2D eigenvalue weighted by atomic mass is 79.9. The van der Waals surface area contributed by atoms with Gasteiger partial charge in [0.25, 0.3) is 5.56 Å². The van der Waals surface area contributed by atoms with Crippen LogP contribution in [0.3, 0.4) is 0 Å². The third-order valence-corrected chi connectivity index (χ3v) is 5.25. The summed E-state index contributed by atoms with van der Waals surface area (Å²) in [6, 6.07) is 11.9. The largest absolute Gasteiger partial charge is 0.391 e. The van der Waals surface area contributed by atoms with Crippen LogP contribution < -0.4 is 5.56 Å². The van der Waals surface area contributed by atoms with Crippen LogP contribution in [0.5, 0.6) is 0 Å². The second-order valence-corrected chi connectivity index (χ2v) is 7.55. The zero-order valence-electron chi connectivity index (χ0n) is 13.9. The number of fused-ring (bicyclic) bond motifs is 1. The van der Waals surface area contributed by atoms with E-state index in [2.05, 4.69) is 45.1 Å². The quantitative estimate of drug-likeness (QED) is 0.853. The van der Waals surface area contributed by atoms with E-state index in [0.29, 0.717) is 13.1 Å². The molecular weight excluding hydrogens is 368 g/mol. The van der Waals surface area contributed by atoms with Crippen molar-refractivity contribution >= 4 is 15.9 Å². The SMILES string of the molecule is CC(Cn1ccc(Br)cc1=O)C(O)CN1CCc2ccccc2C1. The molecule has 0 spiro atoms. The Morgan fingerprint density at radius 3 is 2.71 bits per heavy atom. The molecule has 1 N–H and O–H groups in total. The van der Waals surface area contributed by atoms with Crippen molar-refractivity contribution < 1.29 is 5.11 Å². The molecule has 2 unspecified atom stereocenters. The molecule has 2 atom stereocenters. The number of halogens is 1. The molecular formula is C19H23BrN2O2. The number of aliphatic hydroxyl groups excluding tert-OH is 1. The fourth-order valence-electron chi connectivity index (χ4n) is 3.22. The van der Waals surface area contributed by atoms with Crippen LogP contribution in [-0.4, -0.2) is 33.8 Å². The number of benzene rings is 1. The van der Waals surface area contributed by atoms with Crippen molar-refractivity contribution in [1.82, 2.24) is 9.47 Å². The van der Waals surface area contributed by atoms with Crippen LogP contribution in [-0.2, 0) is 19.5 Å². The predicted octanol–water partition coefficient (Wildman–Crippen LogP) is 2.67. The average molecular weight is 391 g/mol. The van der Waals surface area contributed by atoms with Crippen LogP contribution in [0.2, 0.25) is 0 Å². The van der Waals surface area contributed by atoms with E-state index in [1.807, 2.05) is 13.0 Å².